The minimum atomic E-state index is -1.62. The molecule has 1 saturated heterocycles. The molecular formula is C27H41NO10. The number of carbonyl (C=O) groups is 1. The molecule has 1 aromatic carbocycles. The van der Waals surface area contributed by atoms with Crippen LogP contribution in [-0.4, -0.2) is 90.0 Å². The van der Waals surface area contributed by atoms with Crippen molar-refractivity contribution >= 4 is 16.9 Å². The number of furan rings is 1. The van der Waals surface area contributed by atoms with Crippen LogP contribution in [0.1, 0.15) is 51.5 Å². The van der Waals surface area contributed by atoms with Crippen LogP contribution in [0.2, 0.25) is 0 Å². The Morgan fingerprint density at radius 2 is 1.87 bits per heavy atom. The third kappa shape index (κ3) is 7.81. The predicted octanol–water partition coefficient (Wildman–Crippen LogP) is 1.66. The van der Waals surface area contributed by atoms with Gasteiger partial charge in [0.1, 0.15) is 31.0 Å². The van der Waals surface area contributed by atoms with Gasteiger partial charge in [0.15, 0.2) is 11.3 Å². The molecule has 5 atom stereocenters. The van der Waals surface area contributed by atoms with Crippen LogP contribution in [0.5, 0.6) is 11.5 Å². The maximum Gasteiger partial charge on any atom is 0.306 e. The number of hydrogen-bond acceptors (Lipinski definition) is 11. The Balaban J connectivity index is 1.85. The van der Waals surface area contributed by atoms with Crippen molar-refractivity contribution in [3.05, 3.63) is 24.0 Å². The third-order valence-electron chi connectivity index (χ3n) is 6.45. The van der Waals surface area contributed by atoms with Gasteiger partial charge >= 0.3 is 5.97 Å². The van der Waals surface area contributed by atoms with E-state index in [1.54, 1.807) is 19.1 Å². The zero-order valence-electron chi connectivity index (χ0n) is 22.1. The summed E-state index contributed by atoms with van der Waals surface area (Å²) in [6, 6.07) is 3.55. The third-order valence-corrected chi connectivity index (χ3v) is 6.45. The van der Waals surface area contributed by atoms with Gasteiger partial charge in [-0.25, -0.2) is 0 Å². The first-order valence-corrected chi connectivity index (χ1v) is 13.4. The summed E-state index contributed by atoms with van der Waals surface area (Å²) < 4.78 is 28.5. The van der Waals surface area contributed by atoms with E-state index in [2.05, 4.69) is 12.2 Å². The molecule has 11 heteroatoms. The molecule has 0 radical (unpaired) electrons. The molecule has 0 aliphatic carbocycles. The van der Waals surface area contributed by atoms with Gasteiger partial charge in [-0.3, -0.25) is 4.79 Å². The van der Waals surface area contributed by atoms with Crippen molar-refractivity contribution in [2.45, 2.75) is 83.1 Å². The molecule has 11 nitrogen and oxygen atoms in total. The molecule has 5 unspecified atom stereocenters. The minimum Gasteiger partial charge on any atom is -0.485 e. The molecule has 0 bridgehead atoms. The highest BCUT2D eigenvalue weighted by molar-refractivity contribution is 5.87. The summed E-state index contributed by atoms with van der Waals surface area (Å²) in [4.78, 5) is 12.1. The van der Waals surface area contributed by atoms with Crippen LogP contribution < -0.4 is 14.8 Å². The molecule has 214 valence electrons. The number of aryl methyl sites for hydroxylation is 1. The van der Waals surface area contributed by atoms with Gasteiger partial charge < -0.3 is 49.1 Å². The summed E-state index contributed by atoms with van der Waals surface area (Å²) in [6.45, 7) is 5.29. The molecule has 0 saturated carbocycles. The summed E-state index contributed by atoms with van der Waals surface area (Å²) in [5.74, 6) is 0.0495. The summed E-state index contributed by atoms with van der Waals surface area (Å²) in [5, 5.41) is 44.6. The number of carbonyl (C=O) groups excluding carboxylic acids is 1. The van der Waals surface area contributed by atoms with E-state index in [1.807, 2.05) is 0 Å². The number of rotatable bonds is 16. The second-order valence-electron chi connectivity index (χ2n) is 9.31. The zero-order valence-corrected chi connectivity index (χ0v) is 22.1. The van der Waals surface area contributed by atoms with Crippen LogP contribution in [0.15, 0.2) is 22.8 Å². The number of benzene rings is 1. The first-order chi connectivity index (χ1) is 18.4. The Bertz CT molecular complexity index is 994. The summed E-state index contributed by atoms with van der Waals surface area (Å²) in [5.41, 5.74) is 0.985. The van der Waals surface area contributed by atoms with Crippen LogP contribution in [0, 0.1) is 0 Å². The van der Waals surface area contributed by atoms with Crippen LogP contribution in [0.25, 0.3) is 11.0 Å². The molecule has 5 N–H and O–H groups in total. The van der Waals surface area contributed by atoms with Crippen LogP contribution in [-0.2, 0) is 20.7 Å². The maximum atomic E-state index is 12.1. The molecule has 1 fully saturated rings. The lowest BCUT2D eigenvalue weighted by molar-refractivity contribution is -0.277. The van der Waals surface area contributed by atoms with Crippen molar-refractivity contribution in [3.63, 3.8) is 0 Å². The number of aliphatic hydroxyl groups excluding tert-OH is 4. The van der Waals surface area contributed by atoms with Gasteiger partial charge in [-0.15, -0.1) is 0 Å². The Kier molecular flexibility index (Phi) is 12.1. The molecule has 1 aliphatic heterocycles. The predicted molar refractivity (Wildman–Crippen MR) is 138 cm³/mol. The van der Waals surface area contributed by atoms with E-state index in [0.29, 0.717) is 17.7 Å². The van der Waals surface area contributed by atoms with Crippen LogP contribution >= 0.6 is 0 Å². The first kappa shape index (κ1) is 30.1. The van der Waals surface area contributed by atoms with Crippen molar-refractivity contribution in [2.75, 3.05) is 32.9 Å². The van der Waals surface area contributed by atoms with Gasteiger partial charge in [0.2, 0.25) is 12.0 Å². The second-order valence-corrected chi connectivity index (χ2v) is 9.31. The van der Waals surface area contributed by atoms with Crippen molar-refractivity contribution in [2.24, 2.45) is 0 Å². The van der Waals surface area contributed by atoms with Crippen molar-refractivity contribution in [1.82, 2.24) is 5.32 Å². The molecular weight excluding hydrogens is 498 g/mol. The lowest BCUT2D eigenvalue weighted by atomic mass is 9.99. The van der Waals surface area contributed by atoms with Gasteiger partial charge in [0, 0.05) is 18.4 Å². The zero-order chi connectivity index (χ0) is 27.5. The molecule has 1 aliphatic rings. The molecule has 0 amide bonds. The number of nitrogens with one attached hydrogen (secondary N) is 1. The SMILES string of the molecule is CCCCCCNCCOc1c(OC2OC(CO)C(O)C(O)C2O)c(CCC(=O)OCC)cc2ccoc12. The fourth-order valence-corrected chi connectivity index (χ4v) is 4.34. The van der Waals surface area contributed by atoms with E-state index in [4.69, 9.17) is 23.4 Å². The number of esters is 1. The summed E-state index contributed by atoms with van der Waals surface area (Å²) in [7, 11) is 0. The summed E-state index contributed by atoms with van der Waals surface area (Å²) >= 11 is 0. The molecule has 3 rings (SSSR count). The Morgan fingerprint density at radius 3 is 2.61 bits per heavy atom. The number of aliphatic hydroxyl groups is 4. The highest BCUT2D eigenvalue weighted by Crippen LogP contribution is 2.42. The Morgan fingerprint density at radius 1 is 1.05 bits per heavy atom. The van der Waals surface area contributed by atoms with Gasteiger partial charge in [0.25, 0.3) is 0 Å². The number of unbranched alkanes of at least 4 members (excludes halogenated alkanes) is 3. The van der Waals surface area contributed by atoms with E-state index in [-0.39, 0.29) is 43.5 Å². The molecule has 2 heterocycles. The standard InChI is InChI=1S/C27H41NO10/c1-3-5-6-7-11-28-12-14-36-26-24-18(10-13-35-24)15-17(8-9-20(30)34-4-2)25(26)38-27-23(33)22(32)21(31)19(16-29)37-27/h10,13,15,19,21-23,27-29,31-33H,3-9,11-12,14,16H2,1-2H3. The Hall–Kier alpha value is -2.41. The van der Waals surface area contributed by atoms with E-state index in [1.165, 1.54) is 19.1 Å². The Labute approximate surface area is 222 Å². The van der Waals surface area contributed by atoms with Crippen molar-refractivity contribution in [3.8, 4) is 11.5 Å². The lowest BCUT2D eigenvalue weighted by Crippen LogP contribution is -2.60. The monoisotopic (exact) mass is 539 g/mol. The van der Waals surface area contributed by atoms with Gasteiger partial charge in [-0.1, -0.05) is 26.2 Å². The summed E-state index contributed by atoms with van der Waals surface area (Å²) in [6.07, 6.45) is -0.896. The first-order valence-electron chi connectivity index (χ1n) is 13.4. The van der Waals surface area contributed by atoms with Crippen LogP contribution in [0.4, 0.5) is 0 Å². The largest absolute Gasteiger partial charge is 0.485 e. The maximum absolute atomic E-state index is 12.1. The number of hydrogen-bond donors (Lipinski definition) is 5. The average Bonchev–Trinajstić information content (AvgIpc) is 3.38. The highest BCUT2D eigenvalue weighted by atomic mass is 16.7. The van der Waals surface area contributed by atoms with Crippen molar-refractivity contribution in [1.29, 1.82) is 0 Å². The quantitative estimate of drug-likeness (QED) is 0.156. The second kappa shape index (κ2) is 15.2. The molecule has 1 aromatic heterocycles. The van der Waals surface area contributed by atoms with Crippen molar-refractivity contribution < 1.29 is 48.6 Å². The molecule has 2 aromatic rings. The van der Waals surface area contributed by atoms with E-state index >= 15 is 0 Å². The number of ether oxygens (including phenoxy) is 4. The fraction of sp³-hybridized carbons (Fsp3) is 0.667. The van der Waals surface area contributed by atoms with E-state index in [9.17, 15) is 25.2 Å². The van der Waals surface area contributed by atoms with Gasteiger partial charge in [0.05, 0.1) is 19.5 Å². The van der Waals surface area contributed by atoms with Gasteiger partial charge in [-0.05, 0) is 44.0 Å². The molecule has 38 heavy (non-hydrogen) atoms. The number of fused-ring (bicyclic) bond motifs is 1. The van der Waals surface area contributed by atoms with Crippen LogP contribution in [0.3, 0.4) is 0 Å². The minimum absolute atomic E-state index is 0.0704. The topological polar surface area (TPSA) is 160 Å². The van der Waals surface area contributed by atoms with E-state index < -0.39 is 37.3 Å². The van der Waals surface area contributed by atoms with E-state index in [0.717, 1.165) is 24.8 Å². The lowest BCUT2D eigenvalue weighted by Gasteiger charge is -2.39. The highest BCUT2D eigenvalue weighted by Gasteiger charge is 2.45. The van der Waals surface area contributed by atoms with Gasteiger partial charge in [-0.2, -0.15) is 0 Å². The molecule has 0 spiro atoms. The normalized spacial score (nSPS) is 23.5. The smallest absolute Gasteiger partial charge is 0.306 e. The fourth-order valence-electron chi connectivity index (χ4n) is 4.34. The average molecular weight is 540 g/mol.